The van der Waals surface area contributed by atoms with Crippen molar-refractivity contribution in [2.45, 2.75) is 19.8 Å². The number of rotatable bonds is 4. The second-order valence-electron chi connectivity index (χ2n) is 4.29. The van der Waals surface area contributed by atoms with Crippen molar-refractivity contribution in [1.82, 2.24) is 21.0 Å². The first-order valence-electron chi connectivity index (χ1n) is 6.40. The average Bonchev–Trinajstić information content (AvgIpc) is 2.96. The zero-order chi connectivity index (χ0) is 14.4. The van der Waals surface area contributed by atoms with Crippen molar-refractivity contribution in [3.63, 3.8) is 0 Å². The first kappa shape index (κ1) is 13.8. The minimum absolute atomic E-state index is 0.219. The molecule has 1 heterocycles. The number of aromatic amines is 1. The van der Waals surface area contributed by atoms with Gasteiger partial charge in [-0.2, -0.15) is 5.10 Å². The summed E-state index contributed by atoms with van der Waals surface area (Å²) in [7, 11) is 0. The number of nitrogens with one attached hydrogen (secondary N) is 3. The van der Waals surface area contributed by atoms with Crippen molar-refractivity contribution in [2.24, 2.45) is 0 Å². The lowest BCUT2D eigenvalue weighted by Gasteiger charge is -2.04. The van der Waals surface area contributed by atoms with Crippen LogP contribution in [0.25, 0.3) is 11.3 Å². The topological polar surface area (TPSA) is 86.9 Å². The highest BCUT2D eigenvalue weighted by molar-refractivity contribution is 5.94. The van der Waals surface area contributed by atoms with E-state index in [1.165, 1.54) is 0 Å². The summed E-state index contributed by atoms with van der Waals surface area (Å²) < 4.78 is 0. The van der Waals surface area contributed by atoms with Gasteiger partial charge < -0.3 is 0 Å². The molecule has 104 valence electrons. The molecular weight excluding hydrogens is 256 g/mol. The first-order valence-corrected chi connectivity index (χ1v) is 6.40. The largest absolute Gasteiger partial charge is 0.287 e. The standard InChI is InChI=1S/C14H16N4O2/c1-2-6-13(19)17-18-14(20)12-9-11(15-16-12)10-7-4-3-5-8-10/h3-5,7-9H,2,6H2,1H3,(H,15,16)(H,17,19)(H,18,20). The van der Waals surface area contributed by atoms with E-state index in [0.717, 1.165) is 12.0 Å². The Hall–Kier alpha value is -2.63. The molecule has 2 aromatic rings. The second kappa shape index (κ2) is 6.51. The molecule has 0 aliphatic heterocycles. The van der Waals surface area contributed by atoms with E-state index in [1.807, 2.05) is 37.3 Å². The third-order valence-electron chi connectivity index (χ3n) is 2.68. The van der Waals surface area contributed by atoms with Gasteiger partial charge in [0.1, 0.15) is 5.69 Å². The van der Waals surface area contributed by atoms with E-state index in [4.69, 9.17) is 0 Å². The van der Waals surface area contributed by atoms with Gasteiger partial charge >= 0.3 is 0 Å². The Morgan fingerprint density at radius 2 is 1.95 bits per heavy atom. The molecule has 0 saturated carbocycles. The lowest BCUT2D eigenvalue weighted by molar-refractivity contribution is -0.121. The molecule has 0 radical (unpaired) electrons. The molecule has 0 aliphatic rings. The highest BCUT2D eigenvalue weighted by Gasteiger charge is 2.11. The van der Waals surface area contributed by atoms with E-state index >= 15 is 0 Å². The molecule has 0 saturated heterocycles. The molecule has 6 heteroatoms. The SMILES string of the molecule is CCCC(=O)NNC(=O)c1cc(-c2ccccc2)n[nH]1. The monoisotopic (exact) mass is 272 g/mol. The van der Waals surface area contributed by atoms with Crippen LogP contribution in [-0.2, 0) is 4.79 Å². The van der Waals surface area contributed by atoms with E-state index < -0.39 is 5.91 Å². The molecular formula is C14H16N4O2. The van der Waals surface area contributed by atoms with Crippen LogP contribution in [0.15, 0.2) is 36.4 Å². The number of carbonyl (C=O) groups excluding carboxylic acids is 2. The fourth-order valence-corrected chi connectivity index (χ4v) is 1.68. The maximum absolute atomic E-state index is 11.8. The molecule has 1 aromatic heterocycles. The van der Waals surface area contributed by atoms with Gasteiger partial charge in [0.05, 0.1) is 5.69 Å². The number of benzene rings is 1. The van der Waals surface area contributed by atoms with Crippen LogP contribution in [0.2, 0.25) is 0 Å². The van der Waals surface area contributed by atoms with E-state index in [9.17, 15) is 9.59 Å². The Balaban J connectivity index is 1.98. The molecule has 0 bridgehead atoms. The van der Waals surface area contributed by atoms with Crippen molar-refractivity contribution in [1.29, 1.82) is 0 Å². The lowest BCUT2D eigenvalue weighted by Crippen LogP contribution is -2.41. The highest BCUT2D eigenvalue weighted by atomic mass is 16.2. The van der Waals surface area contributed by atoms with E-state index in [1.54, 1.807) is 6.07 Å². The van der Waals surface area contributed by atoms with Crippen LogP contribution >= 0.6 is 0 Å². The van der Waals surface area contributed by atoms with Gasteiger partial charge in [-0.1, -0.05) is 37.3 Å². The number of hydrazine groups is 1. The summed E-state index contributed by atoms with van der Waals surface area (Å²) >= 11 is 0. The fourth-order valence-electron chi connectivity index (χ4n) is 1.68. The Morgan fingerprint density at radius 3 is 2.65 bits per heavy atom. The Labute approximate surface area is 116 Å². The molecule has 2 amide bonds. The van der Waals surface area contributed by atoms with Gasteiger partial charge in [-0.15, -0.1) is 0 Å². The first-order chi connectivity index (χ1) is 9.70. The lowest BCUT2D eigenvalue weighted by atomic mass is 10.1. The summed E-state index contributed by atoms with van der Waals surface area (Å²) in [6.07, 6.45) is 1.10. The minimum Gasteiger partial charge on any atom is -0.273 e. The summed E-state index contributed by atoms with van der Waals surface area (Å²) in [6, 6.07) is 11.1. The third kappa shape index (κ3) is 3.44. The van der Waals surface area contributed by atoms with Gasteiger partial charge in [0.25, 0.3) is 5.91 Å². The molecule has 3 N–H and O–H groups in total. The number of H-pyrrole nitrogens is 1. The molecule has 0 atom stereocenters. The summed E-state index contributed by atoms with van der Waals surface area (Å²) in [6.45, 7) is 1.89. The zero-order valence-corrected chi connectivity index (χ0v) is 11.1. The van der Waals surface area contributed by atoms with Crippen LogP contribution in [0.3, 0.4) is 0 Å². The number of amides is 2. The number of carbonyl (C=O) groups is 2. The minimum atomic E-state index is -0.427. The zero-order valence-electron chi connectivity index (χ0n) is 11.1. The van der Waals surface area contributed by atoms with Gasteiger partial charge in [0.2, 0.25) is 5.91 Å². The summed E-state index contributed by atoms with van der Waals surface area (Å²) in [5.74, 6) is -0.646. The normalized spacial score (nSPS) is 10.1. The van der Waals surface area contributed by atoms with Crippen molar-refractivity contribution in [3.05, 3.63) is 42.1 Å². The molecule has 6 nitrogen and oxygen atoms in total. The van der Waals surface area contributed by atoms with Crippen molar-refractivity contribution < 1.29 is 9.59 Å². The highest BCUT2D eigenvalue weighted by Crippen LogP contribution is 2.16. The van der Waals surface area contributed by atoms with Gasteiger partial charge in [-0.05, 0) is 12.5 Å². The molecule has 1 aromatic carbocycles. The van der Waals surface area contributed by atoms with Gasteiger partial charge in [-0.3, -0.25) is 25.5 Å². The molecule has 0 spiro atoms. The second-order valence-corrected chi connectivity index (χ2v) is 4.29. The molecule has 0 fully saturated rings. The van der Waals surface area contributed by atoms with E-state index in [0.29, 0.717) is 17.8 Å². The van der Waals surface area contributed by atoms with Gasteiger partial charge in [-0.25, -0.2) is 0 Å². The van der Waals surface area contributed by atoms with Crippen LogP contribution in [0, 0.1) is 0 Å². The Bertz CT molecular complexity index is 592. The van der Waals surface area contributed by atoms with Crippen LogP contribution in [-0.4, -0.2) is 22.0 Å². The summed E-state index contributed by atoms with van der Waals surface area (Å²) in [5.41, 5.74) is 6.57. The van der Waals surface area contributed by atoms with E-state index in [2.05, 4.69) is 21.0 Å². The van der Waals surface area contributed by atoms with Crippen LogP contribution in [0.5, 0.6) is 0 Å². The number of hydrogen-bond donors (Lipinski definition) is 3. The predicted octanol–water partition coefficient (Wildman–Crippen LogP) is 1.64. The Morgan fingerprint density at radius 1 is 1.20 bits per heavy atom. The van der Waals surface area contributed by atoms with E-state index in [-0.39, 0.29) is 5.91 Å². The molecule has 2 rings (SSSR count). The average molecular weight is 272 g/mol. The summed E-state index contributed by atoms with van der Waals surface area (Å²) in [4.78, 5) is 23.1. The number of nitrogens with zero attached hydrogens (tertiary/aromatic N) is 1. The molecule has 0 unspecified atom stereocenters. The van der Waals surface area contributed by atoms with Crippen molar-refractivity contribution in [2.75, 3.05) is 0 Å². The van der Waals surface area contributed by atoms with Crippen LogP contribution in [0.4, 0.5) is 0 Å². The number of aromatic nitrogens is 2. The third-order valence-corrected chi connectivity index (χ3v) is 2.68. The van der Waals surface area contributed by atoms with Crippen molar-refractivity contribution in [3.8, 4) is 11.3 Å². The van der Waals surface area contributed by atoms with Crippen molar-refractivity contribution >= 4 is 11.8 Å². The van der Waals surface area contributed by atoms with Crippen LogP contribution in [0.1, 0.15) is 30.3 Å². The Kier molecular flexibility index (Phi) is 4.49. The van der Waals surface area contributed by atoms with Crippen LogP contribution < -0.4 is 10.9 Å². The van der Waals surface area contributed by atoms with Gasteiger partial charge in [0.15, 0.2) is 0 Å². The maximum Gasteiger partial charge on any atom is 0.287 e. The fraction of sp³-hybridized carbons (Fsp3) is 0.214. The smallest absolute Gasteiger partial charge is 0.273 e. The molecule has 0 aliphatic carbocycles. The summed E-state index contributed by atoms with van der Waals surface area (Å²) in [5, 5.41) is 6.72. The quantitative estimate of drug-likeness (QED) is 0.739. The predicted molar refractivity (Wildman–Crippen MR) is 74.5 cm³/mol. The molecule has 20 heavy (non-hydrogen) atoms. The van der Waals surface area contributed by atoms with Gasteiger partial charge in [0, 0.05) is 12.0 Å². The number of hydrogen-bond acceptors (Lipinski definition) is 3. The maximum atomic E-state index is 11.8.